The van der Waals surface area contributed by atoms with Crippen molar-refractivity contribution >= 4 is 64.5 Å². The van der Waals surface area contributed by atoms with Crippen LogP contribution in [0.4, 0.5) is 0 Å². The molecule has 0 bridgehead atoms. The second-order valence-corrected chi connectivity index (χ2v) is 24.1. The average molecular weight is 865 g/mol. The Bertz CT molecular complexity index is 2710. The van der Waals surface area contributed by atoms with Crippen molar-refractivity contribution in [3.63, 3.8) is 0 Å². The van der Waals surface area contributed by atoms with Crippen molar-refractivity contribution in [3.05, 3.63) is 174 Å². The van der Waals surface area contributed by atoms with Crippen LogP contribution in [0.15, 0.2) is 158 Å². The van der Waals surface area contributed by atoms with E-state index in [1.807, 2.05) is 0 Å². The Balaban J connectivity index is 0.000000172. The largest absolute Gasteiger partial charge is 1.00 e. The minimum absolute atomic E-state index is 0. The standard InChI is InChI=1S/C24H17.C21H25.C7H8Si.2ClH.Zr/c1-16-13-17-8-6-12-22(23(17)14-16)24-15-18-7-2-3-9-19(18)20-10-4-5-11-21(20)24;1-20(2,3)16-7-9-18-14(12-16)11-15-13-17(21(4,5)6)8-10-19(15)18;1-8-7-5-3-2-4-6-7;;;/h2-15H,1H3;7-13H,1-6H3;2-6H,1H3;2*1H;/q2*-1;;;;+2/p-2. The van der Waals surface area contributed by atoms with Crippen LogP contribution in [0.1, 0.15) is 58.2 Å². The van der Waals surface area contributed by atoms with E-state index in [0.717, 1.165) is 0 Å². The zero-order chi connectivity index (χ0) is 38.2. The van der Waals surface area contributed by atoms with E-state index < -0.39 is 0 Å². The van der Waals surface area contributed by atoms with Gasteiger partial charge in [-0.1, -0.05) is 144 Å². The number of hydrogen-bond acceptors (Lipinski definition) is 0. The van der Waals surface area contributed by atoms with E-state index in [-0.39, 0.29) is 41.1 Å². The molecule has 0 aliphatic rings. The fourth-order valence-corrected chi connectivity index (χ4v) is 9.46. The number of aryl methyl sites for hydroxylation is 1. The Hall–Kier alpha value is -3.78. The van der Waals surface area contributed by atoms with E-state index in [1.165, 1.54) is 81.7 Å². The van der Waals surface area contributed by atoms with Gasteiger partial charge < -0.3 is 24.8 Å². The maximum atomic E-state index is 2.35. The summed E-state index contributed by atoms with van der Waals surface area (Å²) in [6.45, 7) is 18.1. The summed E-state index contributed by atoms with van der Waals surface area (Å²) < 4.78 is 0. The summed E-state index contributed by atoms with van der Waals surface area (Å²) >= 11 is 1.69. The van der Waals surface area contributed by atoms with Gasteiger partial charge in [-0.3, -0.25) is 0 Å². The molecule has 9 aromatic carbocycles. The first-order chi connectivity index (χ1) is 25.8. The van der Waals surface area contributed by atoms with Crippen molar-refractivity contribution in [1.82, 2.24) is 0 Å². The van der Waals surface area contributed by atoms with Crippen LogP contribution < -0.4 is 30.0 Å². The van der Waals surface area contributed by atoms with Gasteiger partial charge in [0.2, 0.25) is 0 Å². The molecule has 0 nitrogen and oxygen atoms in total. The molecule has 282 valence electrons. The van der Waals surface area contributed by atoms with E-state index in [1.54, 1.807) is 28.5 Å². The van der Waals surface area contributed by atoms with Gasteiger partial charge in [-0.05, 0) is 44.0 Å². The zero-order valence-electron chi connectivity index (χ0n) is 33.8. The normalized spacial score (nSPS) is 11.4. The smallest absolute Gasteiger partial charge is 0.00995 e. The molecule has 0 amide bonds. The van der Waals surface area contributed by atoms with Gasteiger partial charge in [0.1, 0.15) is 0 Å². The zero-order valence-corrected chi connectivity index (χ0v) is 38.7. The van der Waals surface area contributed by atoms with Gasteiger partial charge in [-0.2, -0.15) is 6.07 Å². The Kier molecular flexibility index (Phi) is 13.8. The van der Waals surface area contributed by atoms with E-state index in [9.17, 15) is 0 Å². The van der Waals surface area contributed by atoms with Crippen LogP contribution in [0, 0.1) is 6.92 Å². The fraction of sp³-hybridized carbons (Fsp3) is 0.192. The Labute approximate surface area is 361 Å². The van der Waals surface area contributed by atoms with Crippen molar-refractivity contribution in [3.8, 4) is 11.1 Å². The number of hydrogen-bond donors (Lipinski definition) is 0. The van der Waals surface area contributed by atoms with Gasteiger partial charge in [0, 0.05) is 0 Å². The molecule has 0 aliphatic heterocycles. The molecule has 0 fully saturated rings. The molecule has 0 spiro atoms. The summed E-state index contributed by atoms with van der Waals surface area (Å²) in [6, 6.07) is 57.9. The minimum atomic E-state index is -0.122. The van der Waals surface area contributed by atoms with Crippen LogP contribution in [-0.2, 0) is 34.2 Å². The third-order valence-electron chi connectivity index (χ3n) is 10.6. The summed E-state index contributed by atoms with van der Waals surface area (Å²) in [5.74, 6) is 0. The Morgan fingerprint density at radius 3 is 1.54 bits per heavy atom. The van der Waals surface area contributed by atoms with E-state index >= 15 is 0 Å². The molecule has 0 saturated carbocycles. The summed E-state index contributed by atoms with van der Waals surface area (Å²) in [5.41, 5.74) is 7.05. The Morgan fingerprint density at radius 1 is 0.446 bits per heavy atom. The molecular formula is C52H50Cl2SiZr-2. The summed E-state index contributed by atoms with van der Waals surface area (Å²) in [5, 5.41) is 15.0. The molecule has 9 rings (SSSR count). The van der Waals surface area contributed by atoms with Gasteiger partial charge in [0.25, 0.3) is 0 Å². The molecule has 56 heavy (non-hydrogen) atoms. The maximum absolute atomic E-state index is 2.35. The first-order valence-corrected chi connectivity index (χ1v) is 24.8. The second kappa shape index (κ2) is 17.8. The van der Waals surface area contributed by atoms with E-state index in [2.05, 4.69) is 213 Å². The predicted molar refractivity (Wildman–Crippen MR) is 237 cm³/mol. The molecular weight excluding hydrogens is 815 g/mol. The topological polar surface area (TPSA) is 0 Å². The van der Waals surface area contributed by atoms with Crippen LogP contribution in [0.25, 0.3) is 65.0 Å². The van der Waals surface area contributed by atoms with Crippen molar-refractivity contribution in [1.29, 1.82) is 0 Å². The molecule has 9 aromatic rings. The van der Waals surface area contributed by atoms with Crippen molar-refractivity contribution < 1.29 is 48.1 Å². The SMILES string of the molecule is CC(C)(C)c1ccc2c(c1)[cH-]c1cc(C(C)(C)C)ccc12.C[Si](=[Zr+2])c1ccccc1.Cc1cc2c(-c3cc4ccccc4c4ccccc34)cccc2[cH-]1.[Cl-].[Cl-]. The van der Waals surface area contributed by atoms with E-state index in [0.29, 0.717) is 0 Å². The van der Waals surface area contributed by atoms with E-state index in [4.69, 9.17) is 0 Å². The van der Waals surface area contributed by atoms with Gasteiger partial charge in [-0.25, -0.2) is 0 Å². The second-order valence-electron chi connectivity index (χ2n) is 16.8. The number of fused-ring (bicyclic) bond motifs is 7. The van der Waals surface area contributed by atoms with Crippen LogP contribution in [0.3, 0.4) is 0 Å². The molecule has 4 heteroatoms. The van der Waals surface area contributed by atoms with Crippen LogP contribution in [0.2, 0.25) is 6.55 Å². The third kappa shape index (κ3) is 9.33. The molecule has 0 radical (unpaired) electrons. The monoisotopic (exact) mass is 862 g/mol. The average Bonchev–Trinajstić information content (AvgIpc) is 3.73. The van der Waals surface area contributed by atoms with Crippen LogP contribution in [-0.4, -0.2) is 5.43 Å². The first-order valence-electron chi connectivity index (χ1n) is 19.1. The van der Waals surface area contributed by atoms with Gasteiger partial charge >= 0.3 is 70.8 Å². The number of benzene rings is 7. The Morgan fingerprint density at radius 2 is 0.982 bits per heavy atom. The molecule has 0 saturated heterocycles. The molecule has 0 aliphatic carbocycles. The molecule has 0 N–H and O–H groups in total. The van der Waals surface area contributed by atoms with Crippen molar-refractivity contribution in [2.75, 3.05) is 0 Å². The number of rotatable bonds is 2. The summed E-state index contributed by atoms with van der Waals surface area (Å²) in [6.07, 6.45) is 0. The predicted octanol–water partition coefficient (Wildman–Crippen LogP) is 8.22. The van der Waals surface area contributed by atoms with Crippen molar-refractivity contribution in [2.24, 2.45) is 0 Å². The van der Waals surface area contributed by atoms with Gasteiger partial charge in [0.05, 0.1) is 0 Å². The van der Waals surface area contributed by atoms with Gasteiger partial charge in [-0.15, -0.1) is 74.3 Å². The molecule has 0 aromatic heterocycles. The minimum Gasteiger partial charge on any atom is -1.00 e. The van der Waals surface area contributed by atoms with Crippen molar-refractivity contribution in [2.45, 2.75) is 65.8 Å². The van der Waals surface area contributed by atoms with Crippen LogP contribution >= 0.6 is 0 Å². The number of halogens is 2. The molecule has 0 heterocycles. The molecule has 0 atom stereocenters. The summed E-state index contributed by atoms with van der Waals surface area (Å²) in [7, 11) is 0. The quantitative estimate of drug-likeness (QED) is 0.0935. The maximum Gasteiger partial charge on any atom is -0.00995 e. The molecule has 0 unspecified atom stereocenters. The van der Waals surface area contributed by atoms with Crippen LogP contribution in [0.5, 0.6) is 0 Å². The van der Waals surface area contributed by atoms with Gasteiger partial charge in [0.15, 0.2) is 0 Å². The summed E-state index contributed by atoms with van der Waals surface area (Å²) in [4.78, 5) is 0. The fourth-order valence-electron chi connectivity index (χ4n) is 7.54. The first kappa shape index (κ1) is 43.3. The third-order valence-corrected chi connectivity index (χ3v) is 13.9.